The van der Waals surface area contributed by atoms with Crippen molar-refractivity contribution >= 4 is 6.29 Å². The first-order valence-corrected chi connectivity index (χ1v) is 6.53. The van der Waals surface area contributed by atoms with Gasteiger partial charge >= 0.3 is 0 Å². The molecule has 1 fully saturated rings. The van der Waals surface area contributed by atoms with Crippen LogP contribution in [-0.4, -0.2) is 6.29 Å². The van der Waals surface area contributed by atoms with E-state index in [-0.39, 0.29) is 0 Å². The van der Waals surface area contributed by atoms with Gasteiger partial charge in [0.05, 0.1) is 0 Å². The van der Waals surface area contributed by atoms with Gasteiger partial charge in [-0.05, 0) is 35.4 Å². The Morgan fingerprint density at radius 2 is 1.56 bits per heavy atom. The van der Waals surface area contributed by atoms with Crippen LogP contribution in [0.1, 0.15) is 41.1 Å². The van der Waals surface area contributed by atoms with Crippen LogP contribution in [0.2, 0.25) is 0 Å². The van der Waals surface area contributed by atoms with Crippen molar-refractivity contribution in [1.82, 2.24) is 0 Å². The zero-order chi connectivity index (χ0) is 12.4. The van der Waals surface area contributed by atoms with Gasteiger partial charge in [0, 0.05) is 5.56 Å². The lowest BCUT2D eigenvalue weighted by atomic mass is 9.77. The van der Waals surface area contributed by atoms with Crippen LogP contribution < -0.4 is 0 Å². The summed E-state index contributed by atoms with van der Waals surface area (Å²) in [4.78, 5) is 11.2. The molecule has 1 aliphatic carbocycles. The van der Waals surface area contributed by atoms with Crippen molar-refractivity contribution in [3.63, 3.8) is 0 Å². The SMILES string of the molecule is O=Cc1ccccc1-c1ccccc1C1CCC1. The predicted molar refractivity (Wildman–Crippen MR) is 73.9 cm³/mol. The Hall–Kier alpha value is -1.89. The number of benzene rings is 2. The van der Waals surface area contributed by atoms with E-state index in [9.17, 15) is 4.79 Å². The van der Waals surface area contributed by atoms with E-state index in [0.717, 1.165) is 17.4 Å². The fraction of sp³-hybridized carbons (Fsp3) is 0.235. The maximum absolute atomic E-state index is 11.2. The number of aldehydes is 1. The van der Waals surface area contributed by atoms with E-state index in [4.69, 9.17) is 0 Å². The molecule has 0 heterocycles. The Labute approximate surface area is 107 Å². The largest absolute Gasteiger partial charge is 0.298 e. The van der Waals surface area contributed by atoms with E-state index in [1.54, 1.807) is 0 Å². The molecular weight excluding hydrogens is 220 g/mol. The molecule has 0 N–H and O–H groups in total. The molecule has 0 amide bonds. The molecule has 0 saturated heterocycles. The Morgan fingerprint density at radius 1 is 0.889 bits per heavy atom. The number of carbonyl (C=O) groups is 1. The Morgan fingerprint density at radius 3 is 2.22 bits per heavy atom. The number of carbonyl (C=O) groups excluding carboxylic acids is 1. The third-order valence-electron chi connectivity index (χ3n) is 3.88. The highest BCUT2D eigenvalue weighted by Crippen LogP contribution is 2.41. The molecule has 0 aliphatic heterocycles. The Kier molecular flexibility index (Phi) is 2.97. The lowest BCUT2D eigenvalue weighted by molar-refractivity contribution is 0.112. The lowest BCUT2D eigenvalue weighted by Gasteiger charge is -2.28. The van der Waals surface area contributed by atoms with E-state index in [0.29, 0.717) is 5.92 Å². The van der Waals surface area contributed by atoms with E-state index in [1.165, 1.54) is 30.4 Å². The fourth-order valence-corrected chi connectivity index (χ4v) is 2.66. The molecule has 0 aromatic heterocycles. The van der Waals surface area contributed by atoms with E-state index in [2.05, 4.69) is 24.3 Å². The smallest absolute Gasteiger partial charge is 0.150 e. The summed E-state index contributed by atoms with van der Waals surface area (Å²) in [5, 5.41) is 0. The van der Waals surface area contributed by atoms with Gasteiger partial charge in [0.2, 0.25) is 0 Å². The van der Waals surface area contributed by atoms with Crippen molar-refractivity contribution in [2.45, 2.75) is 25.2 Å². The minimum atomic E-state index is 0.681. The molecule has 1 saturated carbocycles. The normalized spacial score (nSPS) is 15.1. The number of hydrogen-bond donors (Lipinski definition) is 0. The molecular formula is C17H16O. The average molecular weight is 236 g/mol. The molecule has 1 aliphatic rings. The van der Waals surface area contributed by atoms with Gasteiger partial charge < -0.3 is 0 Å². The molecule has 0 atom stereocenters. The van der Waals surface area contributed by atoms with Crippen LogP contribution in [0.5, 0.6) is 0 Å². The van der Waals surface area contributed by atoms with Gasteiger partial charge in [0.15, 0.2) is 6.29 Å². The first-order valence-electron chi connectivity index (χ1n) is 6.53. The zero-order valence-corrected chi connectivity index (χ0v) is 10.3. The minimum absolute atomic E-state index is 0.681. The van der Waals surface area contributed by atoms with Crippen molar-refractivity contribution in [2.24, 2.45) is 0 Å². The van der Waals surface area contributed by atoms with Crippen molar-refractivity contribution in [3.05, 3.63) is 59.7 Å². The third kappa shape index (κ3) is 1.86. The Balaban J connectivity index is 2.13. The monoisotopic (exact) mass is 236 g/mol. The highest BCUT2D eigenvalue weighted by Gasteiger charge is 2.22. The standard InChI is InChI=1S/C17H16O/c18-12-14-6-1-2-10-16(14)17-11-4-3-9-15(17)13-7-5-8-13/h1-4,6,9-13H,5,7-8H2. The van der Waals surface area contributed by atoms with E-state index in [1.807, 2.05) is 24.3 Å². The summed E-state index contributed by atoms with van der Waals surface area (Å²) in [6, 6.07) is 16.3. The first kappa shape index (κ1) is 11.2. The number of hydrogen-bond acceptors (Lipinski definition) is 1. The molecule has 2 aromatic carbocycles. The predicted octanol–water partition coefficient (Wildman–Crippen LogP) is 4.43. The fourth-order valence-electron chi connectivity index (χ4n) is 2.66. The first-order chi connectivity index (χ1) is 8.90. The van der Waals surface area contributed by atoms with Gasteiger partial charge in [0.25, 0.3) is 0 Å². The number of rotatable bonds is 3. The van der Waals surface area contributed by atoms with Gasteiger partial charge in [0.1, 0.15) is 0 Å². The minimum Gasteiger partial charge on any atom is -0.298 e. The molecule has 0 unspecified atom stereocenters. The lowest BCUT2D eigenvalue weighted by Crippen LogP contribution is -2.10. The Bertz CT molecular complexity index is 567. The van der Waals surface area contributed by atoms with Gasteiger partial charge in [-0.2, -0.15) is 0 Å². The van der Waals surface area contributed by atoms with Crippen molar-refractivity contribution in [1.29, 1.82) is 0 Å². The summed E-state index contributed by atoms with van der Waals surface area (Å²) < 4.78 is 0. The molecule has 3 rings (SSSR count). The second kappa shape index (κ2) is 4.77. The summed E-state index contributed by atoms with van der Waals surface area (Å²) >= 11 is 0. The van der Waals surface area contributed by atoms with E-state index < -0.39 is 0 Å². The van der Waals surface area contributed by atoms with Gasteiger partial charge in [-0.3, -0.25) is 4.79 Å². The van der Waals surface area contributed by atoms with Crippen molar-refractivity contribution < 1.29 is 4.79 Å². The van der Waals surface area contributed by atoms with Crippen LogP contribution in [0.15, 0.2) is 48.5 Å². The van der Waals surface area contributed by atoms with Crippen molar-refractivity contribution in [2.75, 3.05) is 0 Å². The molecule has 90 valence electrons. The molecule has 1 heteroatoms. The maximum atomic E-state index is 11.2. The second-order valence-electron chi connectivity index (χ2n) is 4.92. The van der Waals surface area contributed by atoms with Crippen molar-refractivity contribution in [3.8, 4) is 11.1 Å². The van der Waals surface area contributed by atoms with Gasteiger partial charge in [-0.1, -0.05) is 55.0 Å². The summed E-state index contributed by atoms with van der Waals surface area (Å²) in [6.07, 6.45) is 4.84. The molecule has 18 heavy (non-hydrogen) atoms. The van der Waals surface area contributed by atoms with Crippen LogP contribution in [0.4, 0.5) is 0 Å². The van der Waals surface area contributed by atoms with Crippen LogP contribution in [0.3, 0.4) is 0 Å². The molecule has 0 radical (unpaired) electrons. The maximum Gasteiger partial charge on any atom is 0.150 e. The molecule has 1 nitrogen and oxygen atoms in total. The average Bonchev–Trinajstić information content (AvgIpc) is 2.37. The molecule has 0 spiro atoms. The van der Waals surface area contributed by atoms with Gasteiger partial charge in [-0.15, -0.1) is 0 Å². The molecule has 0 bridgehead atoms. The highest BCUT2D eigenvalue weighted by molar-refractivity contribution is 5.88. The zero-order valence-electron chi connectivity index (χ0n) is 10.3. The molecule has 2 aromatic rings. The summed E-state index contributed by atoms with van der Waals surface area (Å²) in [7, 11) is 0. The van der Waals surface area contributed by atoms with Crippen LogP contribution in [0.25, 0.3) is 11.1 Å². The topological polar surface area (TPSA) is 17.1 Å². The highest BCUT2D eigenvalue weighted by atomic mass is 16.1. The second-order valence-corrected chi connectivity index (χ2v) is 4.92. The van der Waals surface area contributed by atoms with Gasteiger partial charge in [-0.25, -0.2) is 0 Å². The van der Waals surface area contributed by atoms with E-state index >= 15 is 0 Å². The van der Waals surface area contributed by atoms with Crippen LogP contribution in [-0.2, 0) is 0 Å². The summed E-state index contributed by atoms with van der Waals surface area (Å²) in [5.41, 5.74) is 4.47. The summed E-state index contributed by atoms with van der Waals surface area (Å²) in [5.74, 6) is 0.681. The third-order valence-corrected chi connectivity index (χ3v) is 3.88. The quantitative estimate of drug-likeness (QED) is 0.720. The van der Waals surface area contributed by atoms with Crippen LogP contribution >= 0.6 is 0 Å². The summed E-state index contributed by atoms with van der Waals surface area (Å²) in [6.45, 7) is 0. The van der Waals surface area contributed by atoms with Crippen LogP contribution in [0, 0.1) is 0 Å².